The van der Waals surface area contributed by atoms with Crippen molar-refractivity contribution in [3.05, 3.63) is 106 Å². The average molecular weight is 479 g/mol. The number of fused-ring (bicyclic) bond motifs is 2. The molecule has 0 aliphatic rings. The van der Waals surface area contributed by atoms with Crippen molar-refractivity contribution in [1.29, 1.82) is 0 Å². The van der Waals surface area contributed by atoms with Crippen LogP contribution in [0.4, 0.5) is 0 Å². The molecule has 6 aromatic rings. The maximum absolute atomic E-state index is 12.7. The topological polar surface area (TPSA) is 80.9 Å². The summed E-state index contributed by atoms with van der Waals surface area (Å²) in [4.78, 5) is 20.8. The minimum absolute atomic E-state index is 0.0800. The zero-order valence-electron chi connectivity index (χ0n) is 19.3. The summed E-state index contributed by atoms with van der Waals surface area (Å²) < 4.78 is 3.72. The van der Waals surface area contributed by atoms with Crippen LogP contribution in [-0.2, 0) is 5.75 Å². The SMILES string of the molecule is Cc1ccccc1-n1c(SCc2cc(=O)n3c(C)cccc3n2)nnc1-c1c[nH]c2ccccc12. The van der Waals surface area contributed by atoms with Crippen LogP contribution in [-0.4, -0.2) is 29.1 Å². The summed E-state index contributed by atoms with van der Waals surface area (Å²) in [5.41, 5.74) is 6.31. The second-order valence-corrected chi connectivity index (χ2v) is 9.35. The molecule has 0 radical (unpaired) electrons. The molecule has 0 fully saturated rings. The van der Waals surface area contributed by atoms with Crippen LogP contribution < -0.4 is 5.56 Å². The van der Waals surface area contributed by atoms with E-state index in [0.29, 0.717) is 17.1 Å². The van der Waals surface area contributed by atoms with E-state index in [1.54, 1.807) is 10.5 Å². The van der Waals surface area contributed by atoms with Gasteiger partial charge < -0.3 is 4.98 Å². The van der Waals surface area contributed by atoms with Gasteiger partial charge in [0.1, 0.15) is 5.65 Å². The summed E-state index contributed by atoms with van der Waals surface area (Å²) in [7, 11) is 0. The Morgan fingerprint density at radius 1 is 0.943 bits per heavy atom. The number of nitrogens with zero attached hydrogens (tertiary/aromatic N) is 5. The summed E-state index contributed by atoms with van der Waals surface area (Å²) >= 11 is 1.52. The molecule has 4 aromatic heterocycles. The summed E-state index contributed by atoms with van der Waals surface area (Å²) in [6, 6.07) is 23.6. The first-order chi connectivity index (χ1) is 17.1. The monoisotopic (exact) mass is 478 g/mol. The molecule has 0 bridgehead atoms. The summed E-state index contributed by atoms with van der Waals surface area (Å²) in [6.07, 6.45) is 1.98. The molecule has 0 saturated carbocycles. The van der Waals surface area contributed by atoms with Crippen LogP contribution in [0.15, 0.2) is 88.9 Å². The van der Waals surface area contributed by atoms with Crippen LogP contribution in [0, 0.1) is 13.8 Å². The van der Waals surface area contributed by atoms with E-state index in [2.05, 4.69) is 50.9 Å². The third-order valence-corrected chi connectivity index (χ3v) is 7.06. The fraction of sp³-hybridized carbons (Fsp3) is 0.111. The third kappa shape index (κ3) is 3.72. The van der Waals surface area contributed by atoms with E-state index in [0.717, 1.165) is 44.4 Å². The smallest absolute Gasteiger partial charge is 0.258 e. The van der Waals surface area contributed by atoms with Gasteiger partial charge in [-0.3, -0.25) is 13.8 Å². The van der Waals surface area contributed by atoms with Crippen molar-refractivity contribution in [2.24, 2.45) is 0 Å². The molecule has 0 atom stereocenters. The first-order valence-corrected chi connectivity index (χ1v) is 12.3. The van der Waals surface area contributed by atoms with Gasteiger partial charge >= 0.3 is 0 Å². The Labute approximate surface area is 205 Å². The average Bonchev–Trinajstić information content (AvgIpc) is 3.47. The molecule has 0 unspecified atom stereocenters. The van der Waals surface area contributed by atoms with Crippen molar-refractivity contribution in [3.8, 4) is 17.1 Å². The number of thioether (sulfide) groups is 1. The maximum Gasteiger partial charge on any atom is 0.258 e. The highest BCUT2D eigenvalue weighted by molar-refractivity contribution is 7.98. The van der Waals surface area contributed by atoms with E-state index in [4.69, 9.17) is 4.98 Å². The minimum Gasteiger partial charge on any atom is -0.360 e. The Hall–Kier alpha value is -4.17. The number of H-pyrrole nitrogens is 1. The molecule has 172 valence electrons. The second-order valence-electron chi connectivity index (χ2n) is 8.41. The number of para-hydroxylation sites is 2. The molecule has 1 N–H and O–H groups in total. The van der Waals surface area contributed by atoms with Crippen LogP contribution in [0.1, 0.15) is 17.0 Å². The second kappa shape index (κ2) is 8.56. The Morgan fingerprint density at radius 3 is 2.66 bits per heavy atom. The molecule has 35 heavy (non-hydrogen) atoms. The molecule has 0 aliphatic heterocycles. The highest BCUT2D eigenvalue weighted by Gasteiger charge is 2.20. The van der Waals surface area contributed by atoms with Gasteiger partial charge in [0.25, 0.3) is 5.56 Å². The van der Waals surface area contributed by atoms with Crippen molar-refractivity contribution >= 4 is 28.3 Å². The number of nitrogens with one attached hydrogen (secondary N) is 1. The Balaban J connectivity index is 1.44. The quantitative estimate of drug-likeness (QED) is 0.339. The van der Waals surface area contributed by atoms with E-state index < -0.39 is 0 Å². The molecular weight excluding hydrogens is 456 g/mol. The summed E-state index contributed by atoms with van der Waals surface area (Å²) in [6.45, 7) is 3.98. The summed E-state index contributed by atoms with van der Waals surface area (Å²) in [5.74, 6) is 1.26. The van der Waals surface area contributed by atoms with E-state index in [1.165, 1.54) is 11.8 Å². The van der Waals surface area contributed by atoms with Crippen molar-refractivity contribution in [3.63, 3.8) is 0 Å². The van der Waals surface area contributed by atoms with Crippen LogP contribution in [0.5, 0.6) is 0 Å². The van der Waals surface area contributed by atoms with Crippen molar-refractivity contribution in [1.82, 2.24) is 29.1 Å². The number of pyridine rings is 1. The van der Waals surface area contributed by atoms with Gasteiger partial charge in [-0.05, 0) is 43.7 Å². The molecule has 8 heteroatoms. The maximum atomic E-state index is 12.7. The largest absolute Gasteiger partial charge is 0.360 e. The number of benzene rings is 2. The first kappa shape index (κ1) is 21.4. The fourth-order valence-electron chi connectivity index (χ4n) is 4.40. The van der Waals surface area contributed by atoms with Crippen LogP contribution >= 0.6 is 11.8 Å². The van der Waals surface area contributed by atoms with Crippen molar-refractivity contribution in [2.75, 3.05) is 0 Å². The number of aromatic nitrogens is 6. The lowest BCUT2D eigenvalue weighted by Gasteiger charge is -2.12. The molecule has 0 saturated heterocycles. The van der Waals surface area contributed by atoms with E-state index in [9.17, 15) is 4.79 Å². The molecule has 7 nitrogen and oxygen atoms in total. The molecule has 0 spiro atoms. The lowest BCUT2D eigenvalue weighted by atomic mass is 10.1. The van der Waals surface area contributed by atoms with Crippen molar-refractivity contribution < 1.29 is 0 Å². The first-order valence-electron chi connectivity index (χ1n) is 11.3. The minimum atomic E-state index is -0.0800. The molecule has 2 aromatic carbocycles. The van der Waals surface area contributed by atoms with E-state index in [-0.39, 0.29) is 5.56 Å². The number of rotatable bonds is 5. The van der Waals surface area contributed by atoms with Gasteiger partial charge in [-0.15, -0.1) is 10.2 Å². The number of hydrogen-bond acceptors (Lipinski definition) is 5. The van der Waals surface area contributed by atoms with Gasteiger partial charge in [0.15, 0.2) is 11.0 Å². The molecule has 4 heterocycles. The molecule has 0 amide bonds. The number of hydrogen-bond donors (Lipinski definition) is 1. The number of aryl methyl sites for hydroxylation is 2. The lowest BCUT2D eigenvalue weighted by Crippen LogP contribution is -2.17. The lowest BCUT2D eigenvalue weighted by molar-refractivity contribution is 0.879. The normalized spacial score (nSPS) is 11.5. The van der Waals surface area contributed by atoms with E-state index >= 15 is 0 Å². The highest BCUT2D eigenvalue weighted by Crippen LogP contribution is 2.34. The predicted octanol–water partition coefficient (Wildman–Crippen LogP) is 5.33. The Kier molecular flexibility index (Phi) is 5.22. The van der Waals surface area contributed by atoms with Gasteiger partial charge in [-0.2, -0.15) is 0 Å². The van der Waals surface area contributed by atoms with Gasteiger partial charge in [0.05, 0.1) is 11.4 Å². The third-order valence-electron chi connectivity index (χ3n) is 6.10. The van der Waals surface area contributed by atoms with Gasteiger partial charge in [-0.1, -0.05) is 54.2 Å². The highest BCUT2D eigenvalue weighted by atomic mass is 32.2. The Bertz CT molecular complexity index is 1760. The Morgan fingerprint density at radius 2 is 1.77 bits per heavy atom. The zero-order chi connectivity index (χ0) is 23.9. The summed E-state index contributed by atoms with van der Waals surface area (Å²) in [5, 5.41) is 11.0. The molecule has 6 rings (SSSR count). The molecule has 0 aliphatic carbocycles. The van der Waals surface area contributed by atoms with Gasteiger partial charge in [-0.25, -0.2) is 4.98 Å². The zero-order valence-corrected chi connectivity index (χ0v) is 20.1. The van der Waals surface area contributed by atoms with E-state index in [1.807, 2.05) is 55.6 Å². The van der Waals surface area contributed by atoms with Crippen LogP contribution in [0.25, 0.3) is 33.6 Å². The van der Waals surface area contributed by atoms with Crippen LogP contribution in [0.3, 0.4) is 0 Å². The standard InChI is InChI=1S/C27H22N6OS/c1-17-8-3-6-12-23(17)33-26(21-15-28-22-11-5-4-10-20(21)22)30-31-27(33)35-16-19-14-25(34)32-18(2)9-7-13-24(32)29-19/h3-15,28H,16H2,1-2H3. The fourth-order valence-corrected chi connectivity index (χ4v) is 5.24. The van der Waals surface area contributed by atoms with Crippen molar-refractivity contribution in [2.45, 2.75) is 24.8 Å². The van der Waals surface area contributed by atoms with Gasteiger partial charge in [0.2, 0.25) is 0 Å². The predicted molar refractivity (Wildman–Crippen MR) is 139 cm³/mol. The molecular formula is C27H22N6OS. The van der Waals surface area contributed by atoms with Crippen LogP contribution in [0.2, 0.25) is 0 Å². The number of aromatic amines is 1. The van der Waals surface area contributed by atoms with Gasteiger partial charge in [0, 0.05) is 40.2 Å².